The molecule has 0 radical (unpaired) electrons. The summed E-state index contributed by atoms with van der Waals surface area (Å²) < 4.78 is 0. The monoisotopic (exact) mass is 278 g/mol. The highest BCUT2D eigenvalue weighted by Gasteiger charge is 2.23. The highest BCUT2D eigenvalue weighted by atomic mass is 16.6. The molecule has 1 heterocycles. The first-order valence-corrected chi connectivity index (χ1v) is 7.26. The molecule has 1 aliphatic carbocycles. The van der Waals surface area contributed by atoms with Crippen molar-refractivity contribution in [2.75, 3.05) is 17.2 Å². The predicted octanol–water partition coefficient (Wildman–Crippen LogP) is 3.41. The van der Waals surface area contributed by atoms with Crippen molar-refractivity contribution in [2.24, 2.45) is 5.92 Å². The average molecular weight is 278 g/mol. The molecule has 0 aliphatic heterocycles. The fourth-order valence-corrected chi connectivity index (χ4v) is 2.74. The molecule has 1 aromatic heterocycles. The Morgan fingerprint density at radius 2 is 2.25 bits per heavy atom. The second-order valence-electron chi connectivity index (χ2n) is 5.46. The third-order valence-electron chi connectivity index (χ3n) is 3.71. The molecular formula is C14H22N4O2. The zero-order chi connectivity index (χ0) is 14.5. The quantitative estimate of drug-likeness (QED) is 0.637. The van der Waals surface area contributed by atoms with E-state index in [4.69, 9.17) is 0 Å². The first-order valence-electron chi connectivity index (χ1n) is 7.26. The summed E-state index contributed by atoms with van der Waals surface area (Å²) in [6, 6.07) is 3.44. The smallest absolute Gasteiger partial charge is 0.311 e. The molecule has 110 valence electrons. The Hall–Kier alpha value is -1.85. The second kappa shape index (κ2) is 6.54. The minimum Gasteiger partial charge on any atom is -0.370 e. The van der Waals surface area contributed by atoms with Gasteiger partial charge >= 0.3 is 5.69 Å². The molecule has 1 fully saturated rings. The van der Waals surface area contributed by atoms with Crippen molar-refractivity contribution in [3.05, 3.63) is 22.2 Å². The van der Waals surface area contributed by atoms with Crippen LogP contribution in [-0.2, 0) is 0 Å². The Kier molecular flexibility index (Phi) is 4.76. The third-order valence-corrected chi connectivity index (χ3v) is 3.71. The molecule has 1 aromatic rings. The van der Waals surface area contributed by atoms with Crippen LogP contribution in [0.1, 0.15) is 39.5 Å². The van der Waals surface area contributed by atoms with E-state index in [2.05, 4.69) is 22.5 Å². The number of pyridine rings is 1. The molecule has 0 aromatic carbocycles. The summed E-state index contributed by atoms with van der Waals surface area (Å²) in [5.74, 6) is 1.72. The molecular weight excluding hydrogens is 256 g/mol. The summed E-state index contributed by atoms with van der Waals surface area (Å²) in [6.45, 7) is 4.94. The van der Waals surface area contributed by atoms with Crippen molar-refractivity contribution >= 4 is 17.3 Å². The number of rotatable bonds is 5. The van der Waals surface area contributed by atoms with Crippen LogP contribution in [0, 0.1) is 16.0 Å². The van der Waals surface area contributed by atoms with Crippen molar-refractivity contribution in [2.45, 2.75) is 45.6 Å². The predicted molar refractivity (Wildman–Crippen MR) is 80.1 cm³/mol. The number of aromatic nitrogens is 1. The van der Waals surface area contributed by atoms with Gasteiger partial charge in [-0.05, 0) is 31.7 Å². The largest absolute Gasteiger partial charge is 0.370 e. The van der Waals surface area contributed by atoms with Crippen molar-refractivity contribution in [3.8, 4) is 0 Å². The molecule has 0 saturated heterocycles. The summed E-state index contributed by atoms with van der Waals surface area (Å²) in [5, 5.41) is 17.5. The molecule has 2 atom stereocenters. The number of nitrogens with one attached hydrogen (secondary N) is 2. The standard InChI is InChI=1S/C14H22N4O2/c1-3-15-13-8-7-12(18(19)20)14(17-13)16-11-6-4-5-10(2)9-11/h7-8,10-11H,3-6,9H2,1-2H3,(H2,15,16,17). The Bertz CT molecular complexity index is 478. The lowest BCUT2D eigenvalue weighted by Gasteiger charge is -2.27. The summed E-state index contributed by atoms with van der Waals surface area (Å²) >= 11 is 0. The molecule has 2 rings (SSSR count). The molecule has 2 unspecified atom stereocenters. The molecule has 0 bridgehead atoms. The lowest BCUT2D eigenvalue weighted by Crippen LogP contribution is -2.27. The van der Waals surface area contributed by atoms with Gasteiger partial charge < -0.3 is 10.6 Å². The van der Waals surface area contributed by atoms with Crippen LogP contribution in [0.5, 0.6) is 0 Å². The van der Waals surface area contributed by atoms with Crippen LogP contribution >= 0.6 is 0 Å². The summed E-state index contributed by atoms with van der Waals surface area (Å²) in [7, 11) is 0. The van der Waals surface area contributed by atoms with E-state index in [-0.39, 0.29) is 16.7 Å². The Morgan fingerprint density at radius 1 is 1.45 bits per heavy atom. The van der Waals surface area contributed by atoms with Gasteiger partial charge in [0, 0.05) is 18.7 Å². The zero-order valence-corrected chi connectivity index (χ0v) is 12.1. The lowest BCUT2D eigenvalue weighted by atomic mass is 9.87. The molecule has 1 saturated carbocycles. The van der Waals surface area contributed by atoms with Crippen molar-refractivity contribution in [1.29, 1.82) is 0 Å². The van der Waals surface area contributed by atoms with E-state index >= 15 is 0 Å². The number of hydrogen-bond acceptors (Lipinski definition) is 5. The maximum atomic E-state index is 11.1. The SMILES string of the molecule is CCNc1ccc([N+](=O)[O-])c(NC2CCCC(C)C2)n1. The van der Waals surface area contributed by atoms with Gasteiger partial charge in [0.15, 0.2) is 0 Å². The normalized spacial score (nSPS) is 22.3. The molecule has 0 amide bonds. The minimum atomic E-state index is -0.378. The average Bonchev–Trinajstić information content (AvgIpc) is 2.39. The van der Waals surface area contributed by atoms with Gasteiger partial charge in [0.2, 0.25) is 5.82 Å². The minimum absolute atomic E-state index is 0.0462. The zero-order valence-electron chi connectivity index (χ0n) is 12.1. The number of nitrogens with zero attached hydrogens (tertiary/aromatic N) is 2. The third kappa shape index (κ3) is 3.59. The molecule has 6 nitrogen and oxygen atoms in total. The van der Waals surface area contributed by atoms with Crippen LogP contribution < -0.4 is 10.6 Å². The lowest BCUT2D eigenvalue weighted by molar-refractivity contribution is -0.384. The maximum absolute atomic E-state index is 11.1. The summed E-state index contributed by atoms with van der Waals surface area (Å²) in [6.07, 6.45) is 4.50. The van der Waals surface area contributed by atoms with Crippen LogP contribution in [0.2, 0.25) is 0 Å². The van der Waals surface area contributed by atoms with Gasteiger partial charge in [-0.15, -0.1) is 0 Å². The van der Waals surface area contributed by atoms with Crippen molar-refractivity contribution < 1.29 is 4.92 Å². The van der Waals surface area contributed by atoms with Crippen LogP contribution in [0.4, 0.5) is 17.3 Å². The van der Waals surface area contributed by atoms with Gasteiger partial charge in [-0.3, -0.25) is 10.1 Å². The molecule has 20 heavy (non-hydrogen) atoms. The Morgan fingerprint density at radius 3 is 2.90 bits per heavy atom. The highest BCUT2D eigenvalue weighted by Crippen LogP contribution is 2.30. The van der Waals surface area contributed by atoms with Crippen molar-refractivity contribution in [1.82, 2.24) is 4.98 Å². The molecule has 1 aliphatic rings. The summed E-state index contributed by atoms with van der Waals surface area (Å²) in [5.41, 5.74) is 0.0462. The fourth-order valence-electron chi connectivity index (χ4n) is 2.74. The van der Waals surface area contributed by atoms with Crippen LogP contribution in [-0.4, -0.2) is 22.5 Å². The highest BCUT2D eigenvalue weighted by molar-refractivity contribution is 5.60. The van der Waals surface area contributed by atoms with Gasteiger partial charge in [0.1, 0.15) is 5.82 Å². The fraction of sp³-hybridized carbons (Fsp3) is 0.643. The van der Waals surface area contributed by atoms with Crippen LogP contribution in [0.15, 0.2) is 12.1 Å². The topological polar surface area (TPSA) is 80.1 Å². The molecule has 2 N–H and O–H groups in total. The second-order valence-corrected chi connectivity index (χ2v) is 5.46. The van der Waals surface area contributed by atoms with Gasteiger partial charge in [0.25, 0.3) is 0 Å². The van der Waals surface area contributed by atoms with E-state index in [0.717, 1.165) is 19.4 Å². The number of nitro groups is 1. The van der Waals surface area contributed by atoms with E-state index in [1.54, 1.807) is 6.07 Å². The maximum Gasteiger partial charge on any atom is 0.311 e. The van der Waals surface area contributed by atoms with Gasteiger partial charge in [0.05, 0.1) is 4.92 Å². The van der Waals surface area contributed by atoms with Gasteiger partial charge in [-0.25, -0.2) is 4.98 Å². The Labute approximate surface area is 119 Å². The van der Waals surface area contributed by atoms with E-state index < -0.39 is 0 Å². The van der Waals surface area contributed by atoms with Gasteiger partial charge in [-0.1, -0.05) is 19.8 Å². The molecule has 6 heteroatoms. The van der Waals surface area contributed by atoms with E-state index in [0.29, 0.717) is 17.6 Å². The van der Waals surface area contributed by atoms with Crippen molar-refractivity contribution in [3.63, 3.8) is 0 Å². The first kappa shape index (κ1) is 14.6. The van der Waals surface area contributed by atoms with E-state index in [9.17, 15) is 10.1 Å². The first-order chi connectivity index (χ1) is 9.60. The van der Waals surface area contributed by atoms with E-state index in [1.807, 2.05) is 6.92 Å². The number of hydrogen-bond donors (Lipinski definition) is 2. The van der Waals surface area contributed by atoms with Gasteiger partial charge in [-0.2, -0.15) is 0 Å². The molecule has 0 spiro atoms. The Balaban J connectivity index is 2.18. The number of anilines is 2. The van der Waals surface area contributed by atoms with Crippen LogP contribution in [0.25, 0.3) is 0 Å². The van der Waals surface area contributed by atoms with E-state index in [1.165, 1.54) is 18.9 Å². The van der Waals surface area contributed by atoms with Crippen LogP contribution in [0.3, 0.4) is 0 Å². The summed E-state index contributed by atoms with van der Waals surface area (Å²) in [4.78, 5) is 15.1.